The van der Waals surface area contributed by atoms with E-state index in [1.165, 1.54) is 11.3 Å². The molecule has 1 aromatic heterocycles. The van der Waals surface area contributed by atoms with E-state index < -0.39 is 10.8 Å². The first-order valence-corrected chi connectivity index (χ1v) is 7.95. The van der Waals surface area contributed by atoms with Crippen molar-refractivity contribution < 1.29 is 4.21 Å². The van der Waals surface area contributed by atoms with Crippen LogP contribution in [0.4, 0.5) is 5.69 Å². The van der Waals surface area contributed by atoms with Crippen LogP contribution in [-0.4, -0.2) is 40.3 Å². The molecule has 0 aromatic carbocycles. The molecule has 1 aliphatic rings. The number of hydrogen-bond donors (Lipinski definition) is 1. The highest BCUT2D eigenvalue weighted by Crippen LogP contribution is 2.22. The van der Waals surface area contributed by atoms with Gasteiger partial charge in [-0.1, -0.05) is 6.92 Å². The van der Waals surface area contributed by atoms with Gasteiger partial charge in [0.15, 0.2) is 0 Å². The van der Waals surface area contributed by atoms with Crippen molar-refractivity contribution in [3.05, 3.63) is 23.5 Å². The van der Waals surface area contributed by atoms with Gasteiger partial charge in [0, 0.05) is 65.1 Å². The summed E-state index contributed by atoms with van der Waals surface area (Å²) in [4.78, 5) is 6.71. The van der Waals surface area contributed by atoms with Crippen LogP contribution in [0.1, 0.15) is 18.2 Å². The zero-order valence-corrected chi connectivity index (χ0v) is 11.9. The number of nitrogens with one attached hydrogen (secondary N) is 1. The van der Waals surface area contributed by atoms with Crippen molar-refractivity contribution in [2.75, 3.05) is 36.0 Å². The second kappa shape index (κ2) is 6.29. The second-order valence-corrected chi connectivity index (χ2v) is 6.27. The maximum atomic E-state index is 11.4. The van der Waals surface area contributed by atoms with Crippen LogP contribution in [0.25, 0.3) is 0 Å². The van der Waals surface area contributed by atoms with Crippen LogP contribution in [-0.2, 0) is 17.3 Å². The first kappa shape index (κ1) is 13.5. The third-order valence-electron chi connectivity index (χ3n) is 3.18. The van der Waals surface area contributed by atoms with Gasteiger partial charge in [-0.2, -0.15) is 0 Å². The van der Waals surface area contributed by atoms with Crippen molar-refractivity contribution in [1.82, 2.24) is 10.3 Å². The van der Waals surface area contributed by atoms with E-state index in [0.29, 0.717) is 0 Å². The first-order valence-electron chi connectivity index (χ1n) is 6.47. The van der Waals surface area contributed by atoms with E-state index in [4.69, 9.17) is 0 Å². The number of aromatic nitrogens is 1. The lowest BCUT2D eigenvalue weighted by Crippen LogP contribution is -2.38. The summed E-state index contributed by atoms with van der Waals surface area (Å²) in [6.07, 6.45) is 1.96. The van der Waals surface area contributed by atoms with Crippen LogP contribution in [0.3, 0.4) is 0 Å². The molecule has 1 saturated heterocycles. The lowest BCUT2D eigenvalue weighted by molar-refractivity contribution is 0.671. The average molecular weight is 267 g/mol. The van der Waals surface area contributed by atoms with Crippen molar-refractivity contribution in [2.45, 2.75) is 20.4 Å². The fourth-order valence-corrected chi connectivity index (χ4v) is 3.19. The normalized spacial score (nSPS) is 17.1. The maximum Gasteiger partial charge on any atom is 0.0446 e. The van der Waals surface area contributed by atoms with Gasteiger partial charge < -0.3 is 10.2 Å². The Labute approximate surface area is 111 Å². The number of aryl methyl sites for hydroxylation is 1. The van der Waals surface area contributed by atoms with Gasteiger partial charge in [-0.15, -0.1) is 0 Å². The first-order chi connectivity index (χ1) is 8.70. The van der Waals surface area contributed by atoms with Crippen LogP contribution in [0.5, 0.6) is 0 Å². The predicted octanol–water partition coefficient (Wildman–Crippen LogP) is 1.07. The summed E-state index contributed by atoms with van der Waals surface area (Å²) in [5.74, 6) is 1.56. The van der Waals surface area contributed by atoms with Crippen molar-refractivity contribution in [1.29, 1.82) is 0 Å². The Bertz CT molecular complexity index is 426. The molecule has 18 heavy (non-hydrogen) atoms. The van der Waals surface area contributed by atoms with Gasteiger partial charge in [-0.3, -0.25) is 9.19 Å². The molecule has 1 fully saturated rings. The second-order valence-electron chi connectivity index (χ2n) is 4.57. The van der Waals surface area contributed by atoms with Crippen molar-refractivity contribution in [2.24, 2.45) is 0 Å². The number of nitrogens with zero attached hydrogens (tertiary/aromatic N) is 2. The summed E-state index contributed by atoms with van der Waals surface area (Å²) < 4.78 is 11.4. The molecule has 0 unspecified atom stereocenters. The summed E-state index contributed by atoms with van der Waals surface area (Å²) in [5, 5.41) is 3.35. The Morgan fingerprint density at radius 3 is 2.83 bits per heavy atom. The van der Waals surface area contributed by atoms with E-state index in [2.05, 4.69) is 28.2 Å². The number of rotatable bonds is 4. The third-order valence-corrected chi connectivity index (χ3v) is 4.46. The molecular weight excluding hydrogens is 246 g/mol. The van der Waals surface area contributed by atoms with Crippen LogP contribution in [0.15, 0.2) is 12.3 Å². The van der Waals surface area contributed by atoms with Gasteiger partial charge in [0.2, 0.25) is 0 Å². The molecule has 0 spiro atoms. The fraction of sp³-hybridized carbons (Fsp3) is 0.615. The SMILES string of the molecule is CCNCc1cnc(C)cc1N1CCS(=O)CC1. The summed E-state index contributed by atoms with van der Waals surface area (Å²) in [6.45, 7) is 7.69. The van der Waals surface area contributed by atoms with Crippen LogP contribution in [0.2, 0.25) is 0 Å². The standard InChI is InChI=1S/C13H21N3OS/c1-3-14-9-12-10-15-11(2)8-13(12)16-4-6-18(17)7-5-16/h8,10,14H,3-7,9H2,1-2H3. The summed E-state index contributed by atoms with van der Waals surface area (Å²) in [6, 6.07) is 2.14. The Morgan fingerprint density at radius 1 is 1.44 bits per heavy atom. The zero-order chi connectivity index (χ0) is 13.0. The van der Waals surface area contributed by atoms with E-state index >= 15 is 0 Å². The molecule has 1 N–H and O–H groups in total. The van der Waals surface area contributed by atoms with Gasteiger partial charge in [0.05, 0.1) is 0 Å². The van der Waals surface area contributed by atoms with E-state index in [1.807, 2.05) is 13.1 Å². The van der Waals surface area contributed by atoms with Gasteiger partial charge in [0.1, 0.15) is 0 Å². The lowest BCUT2D eigenvalue weighted by Gasteiger charge is -2.30. The number of hydrogen-bond acceptors (Lipinski definition) is 4. The minimum absolute atomic E-state index is 0.625. The van der Waals surface area contributed by atoms with Gasteiger partial charge in [0.25, 0.3) is 0 Å². The Balaban J connectivity index is 2.18. The topological polar surface area (TPSA) is 45.2 Å². The molecule has 5 heteroatoms. The molecule has 4 nitrogen and oxygen atoms in total. The molecule has 0 saturated carbocycles. The highest BCUT2D eigenvalue weighted by atomic mass is 32.2. The molecule has 1 aliphatic heterocycles. The predicted molar refractivity (Wildman–Crippen MR) is 76.4 cm³/mol. The van der Waals surface area contributed by atoms with Crippen LogP contribution in [0, 0.1) is 6.92 Å². The summed E-state index contributed by atoms with van der Waals surface area (Å²) >= 11 is 0. The largest absolute Gasteiger partial charge is 0.369 e. The monoisotopic (exact) mass is 267 g/mol. The quantitative estimate of drug-likeness (QED) is 0.886. The Kier molecular flexibility index (Phi) is 4.72. The average Bonchev–Trinajstić information content (AvgIpc) is 2.38. The van der Waals surface area contributed by atoms with E-state index in [-0.39, 0.29) is 0 Å². The lowest BCUT2D eigenvalue weighted by atomic mass is 10.2. The minimum atomic E-state index is -0.625. The van der Waals surface area contributed by atoms with Gasteiger partial charge in [-0.25, -0.2) is 0 Å². The Hall–Kier alpha value is -0.940. The highest BCUT2D eigenvalue weighted by Gasteiger charge is 2.18. The molecule has 0 amide bonds. The molecule has 2 heterocycles. The third kappa shape index (κ3) is 3.29. The molecular formula is C13H21N3OS. The smallest absolute Gasteiger partial charge is 0.0446 e. The molecule has 2 rings (SSSR count). The molecule has 0 aliphatic carbocycles. The van der Waals surface area contributed by atoms with Crippen molar-refractivity contribution in [3.63, 3.8) is 0 Å². The van der Waals surface area contributed by atoms with E-state index in [1.54, 1.807) is 0 Å². The summed E-state index contributed by atoms with van der Waals surface area (Å²) in [7, 11) is -0.625. The van der Waals surface area contributed by atoms with Crippen LogP contribution < -0.4 is 10.2 Å². The fourth-order valence-electron chi connectivity index (χ4n) is 2.14. The molecule has 0 atom stereocenters. The van der Waals surface area contributed by atoms with E-state index in [0.717, 1.165) is 43.4 Å². The van der Waals surface area contributed by atoms with Crippen LogP contribution >= 0.6 is 0 Å². The van der Waals surface area contributed by atoms with Gasteiger partial charge >= 0.3 is 0 Å². The Morgan fingerprint density at radius 2 is 2.17 bits per heavy atom. The summed E-state index contributed by atoms with van der Waals surface area (Å²) in [5.41, 5.74) is 3.52. The number of anilines is 1. The van der Waals surface area contributed by atoms with Gasteiger partial charge in [-0.05, 0) is 19.5 Å². The highest BCUT2D eigenvalue weighted by molar-refractivity contribution is 7.85. The molecule has 1 aromatic rings. The minimum Gasteiger partial charge on any atom is -0.369 e. The van der Waals surface area contributed by atoms with Crippen molar-refractivity contribution >= 4 is 16.5 Å². The van der Waals surface area contributed by atoms with E-state index in [9.17, 15) is 4.21 Å². The molecule has 100 valence electrons. The molecule has 0 radical (unpaired) electrons. The number of pyridine rings is 1. The van der Waals surface area contributed by atoms with Crippen molar-refractivity contribution in [3.8, 4) is 0 Å². The maximum absolute atomic E-state index is 11.4. The molecule has 0 bridgehead atoms. The zero-order valence-electron chi connectivity index (χ0n) is 11.1.